The molecule has 186 valence electrons. The van der Waals surface area contributed by atoms with Crippen molar-refractivity contribution >= 4 is 35.0 Å². The number of amides is 1. The number of carbonyl (C=O) groups excluding carboxylic acids is 1. The second-order valence-corrected chi connectivity index (χ2v) is 12.4. The molecule has 0 bridgehead atoms. The summed E-state index contributed by atoms with van der Waals surface area (Å²) < 4.78 is 0. The van der Waals surface area contributed by atoms with Gasteiger partial charge in [-0.05, 0) is 75.0 Å². The van der Waals surface area contributed by atoms with Crippen LogP contribution in [0, 0.1) is 5.41 Å². The first-order valence-electron chi connectivity index (χ1n) is 13.1. The predicted molar refractivity (Wildman–Crippen MR) is 140 cm³/mol. The van der Waals surface area contributed by atoms with Gasteiger partial charge < -0.3 is 20.6 Å². The van der Waals surface area contributed by atoms with Crippen molar-refractivity contribution in [2.24, 2.45) is 5.41 Å². The van der Waals surface area contributed by atoms with Crippen molar-refractivity contribution in [3.63, 3.8) is 0 Å². The van der Waals surface area contributed by atoms with E-state index in [9.17, 15) is 9.90 Å². The lowest BCUT2D eigenvalue weighted by Gasteiger charge is -2.33. The number of anilines is 3. The van der Waals surface area contributed by atoms with Crippen LogP contribution in [0.25, 0.3) is 0 Å². The van der Waals surface area contributed by atoms with Crippen molar-refractivity contribution in [3.8, 4) is 0 Å². The SMILES string of the molecule is O=C(Nc1cccc(SC2CCCC2)c1)c1ncc(NC2(CO)CC2)nc1N1CCC2(CC1)CC2. The van der Waals surface area contributed by atoms with E-state index in [1.165, 1.54) is 43.4 Å². The van der Waals surface area contributed by atoms with E-state index in [0.29, 0.717) is 28.0 Å². The van der Waals surface area contributed by atoms with Crippen LogP contribution >= 0.6 is 11.8 Å². The second kappa shape index (κ2) is 9.28. The Morgan fingerprint density at radius 3 is 2.57 bits per heavy atom. The van der Waals surface area contributed by atoms with E-state index in [1.54, 1.807) is 6.20 Å². The number of aliphatic hydroxyl groups is 1. The lowest BCUT2D eigenvalue weighted by atomic mass is 9.93. The summed E-state index contributed by atoms with van der Waals surface area (Å²) in [5, 5.41) is 16.9. The quantitative estimate of drug-likeness (QED) is 0.472. The number of benzene rings is 1. The molecule has 3 N–H and O–H groups in total. The lowest BCUT2D eigenvalue weighted by molar-refractivity contribution is 0.102. The van der Waals surface area contributed by atoms with E-state index in [0.717, 1.165) is 44.5 Å². The number of hydrogen-bond donors (Lipinski definition) is 3. The molecule has 1 aromatic heterocycles. The Kier molecular flexibility index (Phi) is 6.13. The van der Waals surface area contributed by atoms with Crippen LogP contribution in [0.2, 0.25) is 0 Å². The molecule has 1 spiro atoms. The molecule has 0 atom stereocenters. The molecule has 8 heteroatoms. The molecular weight excluding hydrogens is 458 g/mol. The monoisotopic (exact) mass is 493 g/mol. The summed E-state index contributed by atoms with van der Waals surface area (Å²) in [6.07, 6.45) is 13.6. The molecule has 6 rings (SSSR count). The van der Waals surface area contributed by atoms with Crippen LogP contribution in [0.4, 0.5) is 17.3 Å². The molecule has 1 aromatic carbocycles. The largest absolute Gasteiger partial charge is 0.394 e. The molecule has 4 fully saturated rings. The number of rotatable bonds is 8. The van der Waals surface area contributed by atoms with Crippen molar-refractivity contribution in [2.75, 3.05) is 35.2 Å². The van der Waals surface area contributed by atoms with Gasteiger partial charge in [0.1, 0.15) is 5.82 Å². The van der Waals surface area contributed by atoms with Gasteiger partial charge in [0, 0.05) is 28.9 Å². The van der Waals surface area contributed by atoms with Crippen molar-refractivity contribution < 1.29 is 9.90 Å². The fourth-order valence-electron chi connectivity index (χ4n) is 5.47. The normalized spacial score (nSPS) is 22.3. The van der Waals surface area contributed by atoms with Crippen molar-refractivity contribution in [2.45, 2.75) is 79.9 Å². The van der Waals surface area contributed by atoms with Gasteiger partial charge >= 0.3 is 0 Å². The van der Waals surface area contributed by atoms with Crippen LogP contribution in [0.15, 0.2) is 35.4 Å². The third-order valence-electron chi connectivity index (χ3n) is 8.30. The minimum atomic E-state index is -0.285. The maximum atomic E-state index is 13.4. The number of piperidine rings is 1. The summed E-state index contributed by atoms with van der Waals surface area (Å²) in [5.74, 6) is 1.05. The average Bonchev–Trinajstić information content (AvgIpc) is 3.77. The van der Waals surface area contributed by atoms with E-state index in [2.05, 4.69) is 32.7 Å². The first-order valence-corrected chi connectivity index (χ1v) is 14.0. The van der Waals surface area contributed by atoms with Crippen molar-refractivity contribution in [1.82, 2.24) is 9.97 Å². The fraction of sp³-hybridized carbons (Fsp3) is 0.593. The van der Waals surface area contributed by atoms with Gasteiger partial charge in [0.05, 0.1) is 18.3 Å². The van der Waals surface area contributed by atoms with E-state index in [1.807, 2.05) is 23.9 Å². The fourth-order valence-corrected chi connectivity index (χ4v) is 6.78. The summed E-state index contributed by atoms with van der Waals surface area (Å²) in [7, 11) is 0. The molecule has 3 saturated carbocycles. The van der Waals surface area contributed by atoms with Crippen LogP contribution < -0.4 is 15.5 Å². The number of thioether (sulfide) groups is 1. The summed E-state index contributed by atoms with van der Waals surface area (Å²) in [6.45, 7) is 1.88. The van der Waals surface area contributed by atoms with Gasteiger partial charge in [0.25, 0.3) is 5.91 Å². The zero-order chi connectivity index (χ0) is 23.9. The number of nitrogens with zero attached hydrogens (tertiary/aromatic N) is 3. The van der Waals surface area contributed by atoms with E-state index in [4.69, 9.17) is 4.98 Å². The lowest BCUT2D eigenvalue weighted by Crippen LogP contribution is -2.37. The van der Waals surface area contributed by atoms with Gasteiger partial charge in [0.2, 0.25) is 0 Å². The molecule has 1 saturated heterocycles. The number of aromatic nitrogens is 2. The predicted octanol–water partition coefficient (Wildman–Crippen LogP) is 5.08. The summed E-state index contributed by atoms with van der Waals surface area (Å²) in [4.78, 5) is 26.3. The van der Waals surface area contributed by atoms with Crippen LogP contribution in [-0.4, -0.2) is 51.5 Å². The molecule has 0 radical (unpaired) electrons. The van der Waals surface area contributed by atoms with Crippen LogP contribution in [0.5, 0.6) is 0 Å². The summed E-state index contributed by atoms with van der Waals surface area (Å²) >= 11 is 1.92. The molecule has 35 heavy (non-hydrogen) atoms. The first kappa shape index (κ1) is 23.1. The molecule has 1 amide bonds. The van der Waals surface area contributed by atoms with Crippen LogP contribution in [0.1, 0.15) is 74.7 Å². The maximum absolute atomic E-state index is 13.4. The van der Waals surface area contributed by atoms with Gasteiger partial charge in [-0.2, -0.15) is 0 Å². The van der Waals surface area contributed by atoms with Crippen LogP contribution in [0.3, 0.4) is 0 Å². The Labute approximate surface area is 211 Å². The summed E-state index contributed by atoms with van der Waals surface area (Å²) in [6, 6.07) is 8.14. The van der Waals surface area contributed by atoms with Gasteiger partial charge in [-0.1, -0.05) is 18.9 Å². The Hall–Kier alpha value is -2.32. The molecule has 2 heterocycles. The molecular formula is C27H35N5O2S. The molecule has 3 aliphatic carbocycles. The minimum Gasteiger partial charge on any atom is -0.394 e. The zero-order valence-electron chi connectivity index (χ0n) is 20.3. The Morgan fingerprint density at radius 2 is 1.89 bits per heavy atom. The standard InChI is InChI=1S/C27H35N5O2S/c33-18-27(10-11-27)31-22-17-28-23(24(30-22)32-14-12-26(8-9-26)13-15-32)25(34)29-19-4-3-7-21(16-19)35-20-5-1-2-6-20/h3-4,7,16-17,20,33H,1-2,5-6,8-15,18H2,(H,29,34)(H,30,31). The minimum absolute atomic E-state index is 0.0771. The summed E-state index contributed by atoms with van der Waals surface area (Å²) in [5.41, 5.74) is 1.41. The topological polar surface area (TPSA) is 90.4 Å². The molecule has 0 unspecified atom stereocenters. The maximum Gasteiger partial charge on any atom is 0.278 e. The Morgan fingerprint density at radius 1 is 1.11 bits per heavy atom. The highest BCUT2D eigenvalue weighted by molar-refractivity contribution is 8.00. The molecule has 2 aromatic rings. The first-order chi connectivity index (χ1) is 17.1. The van der Waals surface area contributed by atoms with Gasteiger partial charge in [-0.15, -0.1) is 11.8 Å². The number of carbonyl (C=O) groups is 1. The Bertz CT molecular complexity index is 1080. The van der Waals surface area contributed by atoms with Crippen molar-refractivity contribution in [3.05, 3.63) is 36.2 Å². The third kappa shape index (κ3) is 5.14. The van der Waals surface area contributed by atoms with E-state index in [-0.39, 0.29) is 18.1 Å². The van der Waals surface area contributed by atoms with Gasteiger partial charge in [-0.25, -0.2) is 9.97 Å². The zero-order valence-corrected chi connectivity index (χ0v) is 21.1. The highest BCUT2D eigenvalue weighted by atomic mass is 32.2. The Balaban J connectivity index is 1.22. The smallest absolute Gasteiger partial charge is 0.278 e. The average molecular weight is 494 g/mol. The van der Waals surface area contributed by atoms with E-state index >= 15 is 0 Å². The van der Waals surface area contributed by atoms with Crippen molar-refractivity contribution in [1.29, 1.82) is 0 Å². The number of aliphatic hydroxyl groups excluding tert-OH is 1. The second-order valence-electron chi connectivity index (χ2n) is 11.0. The van der Waals surface area contributed by atoms with Crippen LogP contribution in [-0.2, 0) is 0 Å². The number of hydrogen-bond acceptors (Lipinski definition) is 7. The molecule has 7 nitrogen and oxygen atoms in total. The highest BCUT2D eigenvalue weighted by Crippen LogP contribution is 2.54. The number of nitrogens with one attached hydrogen (secondary N) is 2. The highest BCUT2D eigenvalue weighted by Gasteiger charge is 2.45. The molecule has 4 aliphatic rings. The van der Waals surface area contributed by atoms with E-state index < -0.39 is 0 Å². The third-order valence-corrected chi connectivity index (χ3v) is 9.63. The van der Waals surface area contributed by atoms with Gasteiger partial charge in [0.15, 0.2) is 11.5 Å². The van der Waals surface area contributed by atoms with Gasteiger partial charge in [-0.3, -0.25) is 4.79 Å². The molecule has 1 aliphatic heterocycles.